The second-order valence-electron chi connectivity index (χ2n) is 5.09. The van der Waals surface area contributed by atoms with Gasteiger partial charge >= 0.3 is 5.97 Å². The van der Waals surface area contributed by atoms with Gasteiger partial charge in [-0.1, -0.05) is 0 Å². The maximum atomic E-state index is 12.0. The van der Waals surface area contributed by atoms with E-state index in [4.69, 9.17) is 9.84 Å². The molecule has 0 atom stereocenters. The van der Waals surface area contributed by atoms with Crippen molar-refractivity contribution in [2.24, 2.45) is 0 Å². The number of benzene rings is 1. The number of nitro groups is 1. The predicted molar refractivity (Wildman–Crippen MR) is 79.2 cm³/mol. The molecule has 0 saturated carbocycles. The molecule has 124 valence electrons. The Morgan fingerprint density at radius 3 is 2.30 bits per heavy atom. The molecule has 1 amide bonds. The van der Waals surface area contributed by atoms with Gasteiger partial charge in [-0.15, -0.1) is 0 Å². The van der Waals surface area contributed by atoms with Crippen molar-refractivity contribution in [2.45, 2.75) is 0 Å². The number of hydrogen-bond donors (Lipinski definition) is 1. The maximum absolute atomic E-state index is 12.0. The fourth-order valence-electron chi connectivity index (χ4n) is 2.25. The first kappa shape index (κ1) is 16.7. The Hall–Kier alpha value is -2.68. The van der Waals surface area contributed by atoms with E-state index in [9.17, 15) is 19.7 Å². The summed E-state index contributed by atoms with van der Waals surface area (Å²) in [5, 5.41) is 19.3. The topological polar surface area (TPSA) is 113 Å². The zero-order valence-electron chi connectivity index (χ0n) is 12.4. The number of carbonyl (C=O) groups is 2. The number of amides is 1. The summed E-state index contributed by atoms with van der Waals surface area (Å²) in [6, 6.07) is 5.50. The number of piperazine rings is 1. The average molecular weight is 323 g/mol. The van der Waals surface area contributed by atoms with Crippen molar-refractivity contribution < 1.29 is 24.4 Å². The summed E-state index contributed by atoms with van der Waals surface area (Å²) < 4.78 is 5.33. The summed E-state index contributed by atoms with van der Waals surface area (Å²) in [6.07, 6.45) is 0. The summed E-state index contributed by atoms with van der Waals surface area (Å²) >= 11 is 0. The van der Waals surface area contributed by atoms with Gasteiger partial charge in [0.2, 0.25) is 0 Å². The molecule has 9 heteroatoms. The van der Waals surface area contributed by atoms with E-state index in [1.807, 2.05) is 0 Å². The number of carbonyl (C=O) groups excluding carboxylic acids is 1. The Balaban J connectivity index is 1.77. The Bertz CT molecular complexity index is 581. The smallest absolute Gasteiger partial charge is 0.317 e. The minimum atomic E-state index is -0.883. The third-order valence-electron chi connectivity index (χ3n) is 3.49. The number of aliphatic carboxylic acids is 1. The lowest BCUT2D eigenvalue weighted by Crippen LogP contribution is -2.51. The van der Waals surface area contributed by atoms with Crippen LogP contribution in [0.4, 0.5) is 5.69 Å². The number of ether oxygens (including phenoxy) is 1. The van der Waals surface area contributed by atoms with Crippen LogP contribution in [0.5, 0.6) is 5.75 Å². The fourth-order valence-corrected chi connectivity index (χ4v) is 2.25. The van der Waals surface area contributed by atoms with Crippen molar-refractivity contribution in [1.29, 1.82) is 0 Å². The summed E-state index contributed by atoms with van der Waals surface area (Å²) in [5.74, 6) is -0.696. The van der Waals surface area contributed by atoms with Crippen LogP contribution >= 0.6 is 0 Å². The molecule has 1 N–H and O–H groups in total. The number of carboxylic acids is 1. The Morgan fingerprint density at radius 2 is 1.78 bits per heavy atom. The van der Waals surface area contributed by atoms with Gasteiger partial charge in [0.05, 0.1) is 11.5 Å². The summed E-state index contributed by atoms with van der Waals surface area (Å²) in [4.78, 5) is 36.1. The molecule has 1 fully saturated rings. The van der Waals surface area contributed by atoms with Crippen LogP contribution in [0, 0.1) is 10.1 Å². The van der Waals surface area contributed by atoms with E-state index >= 15 is 0 Å². The molecule has 1 aliphatic heterocycles. The predicted octanol–water partition coefficient (Wildman–Crippen LogP) is 0.202. The van der Waals surface area contributed by atoms with E-state index in [1.165, 1.54) is 24.3 Å². The van der Waals surface area contributed by atoms with Gasteiger partial charge in [0.25, 0.3) is 11.6 Å². The van der Waals surface area contributed by atoms with Crippen LogP contribution in [0.2, 0.25) is 0 Å². The second kappa shape index (κ2) is 7.54. The van der Waals surface area contributed by atoms with Crippen LogP contribution in [-0.2, 0) is 9.59 Å². The summed E-state index contributed by atoms with van der Waals surface area (Å²) in [6.45, 7) is 1.74. The van der Waals surface area contributed by atoms with Crippen LogP contribution in [-0.4, -0.2) is 71.0 Å². The minimum absolute atomic E-state index is 0.0265. The van der Waals surface area contributed by atoms with Crippen molar-refractivity contribution >= 4 is 17.6 Å². The van der Waals surface area contributed by atoms with Crippen LogP contribution in [0.3, 0.4) is 0 Å². The van der Waals surface area contributed by atoms with Crippen molar-refractivity contribution in [3.8, 4) is 5.75 Å². The SMILES string of the molecule is O=C(O)CN1CCN(C(=O)COc2ccc([N+](=O)[O-])cc2)CC1. The maximum Gasteiger partial charge on any atom is 0.317 e. The molecular weight excluding hydrogens is 306 g/mol. The van der Waals surface area contributed by atoms with E-state index < -0.39 is 10.9 Å². The zero-order chi connectivity index (χ0) is 16.8. The van der Waals surface area contributed by atoms with E-state index in [0.29, 0.717) is 31.9 Å². The van der Waals surface area contributed by atoms with Gasteiger partial charge in [-0.05, 0) is 12.1 Å². The Morgan fingerprint density at radius 1 is 1.17 bits per heavy atom. The molecule has 1 heterocycles. The van der Waals surface area contributed by atoms with E-state index in [1.54, 1.807) is 9.80 Å². The number of non-ortho nitro benzene ring substituents is 1. The van der Waals surface area contributed by atoms with Crippen molar-refractivity contribution in [3.05, 3.63) is 34.4 Å². The quantitative estimate of drug-likeness (QED) is 0.587. The van der Waals surface area contributed by atoms with Gasteiger partial charge in [-0.25, -0.2) is 0 Å². The highest BCUT2D eigenvalue weighted by atomic mass is 16.6. The Kier molecular flexibility index (Phi) is 5.47. The fraction of sp³-hybridized carbons (Fsp3) is 0.429. The first-order valence-corrected chi connectivity index (χ1v) is 7.05. The van der Waals surface area contributed by atoms with Gasteiger partial charge < -0.3 is 14.7 Å². The van der Waals surface area contributed by atoms with E-state index in [2.05, 4.69) is 0 Å². The molecular formula is C14H17N3O6. The summed E-state index contributed by atoms with van der Waals surface area (Å²) in [5.41, 5.74) is -0.0433. The molecule has 1 aromatic carbocycles. The molecule has 0 radical (unpaired) electrons. The standard InChI is InChI=1S/C14H17N3O6/c18-13(16-7-5-15(6-8-16)9-14(19)20)10-23-12-3-1-11(2-4-12)17(21)22/h1-4H,5-10H2,(H,19,20). The number of hydrogen-bond acceptors (Lipinski definition) is 6. The zero-order valence-corrected chi connectivity index (χ0v) is 12.4. The van der Waals surface area contributed by atoms with Crippen LogP contribution < -0.4 is 4.74 Å². The second-order valence-corrected chi connectivity index (χ2v) is 5.09. The van der Waals surface area contributed by atoms with E-state index in [0.717, 1.165) is 0 Å². The van der Waals surface area contributed by atoms with Crippen molar-refractivity contribution in [3.63, 3.8) is 0 Å². The molecule has 9 nitrogen and oxygen atoms in total. The lowest BCUT2D eigenvalue weighted by molar-refractivity contribution is -0.384. The van der Waals surface area contributed by atoms with Gasteiger partial charge in [0, 0.05) is 38.3 Å². The number of carboxylic acid groups (broad SMARTS) is 1. The van der Waals surface area contributed by atoms with Gasteiger partial charge in [0.15, 0.2) is 6.61 Å². The monoisotopic (exact) mass is 323 g/mol. The highest BCUT2D eigenvalue weighted by Crippen LogP contribution is 2.17. The number of nitrogens with zero attached hydrogens (tertiary/aromatic N) is 3. The lowest BCUT2D eigenvalue weighted by atomic mass is 10.3. The molecule has 1 aliphatic rings. The molecule has 0 unspecified atom stereocenters. The molecule has 1 saturated heterocycles. The van der Waals surface area contributed by atoms with Crippen LogP contribution in [0.25, 0.3) is 0 Å². The third kappa shape index (κ3) is 4.92. The lowest BCUT2D eigenvalue weighted by Gasteiger charge is -2.33. The highest BCUT2D eigenvalue weighted by Gasteiger charge is 2.22. The van der Waals surface area contributed by atoms with Crippen molar-refractivity contribution in [1.82, 2.24) is 9.80 Å². The molecule has 1 aromatic rings. The minimum Gasteiger partial charge on any atom is -0.484 e. The molecule has 0 bridgehead atoms. The number of nitro benzene ring substituents is 1. The van der Waals surface area contributed by atoms with Crippen LogP contribution in [0.1, 0.15) is 0 Å². The molecule has 0 aromatic heterocycles. The summed E-state index contributed by atoms with van der Waals surface area (Å²) in [7, 11) is 0. The molecule has 0 aliphatic carbocycles. The number of rotatable bonds is 6. The highest BCUT2D eigenvalue weighted by molar-refractivity contribution is 5.78. The van der Waals surface area contributed by atoms with E-state index in [-0.39, 0.29) is 24.7 Å². The van der Waals surface area contributed by atoms with Gasteiger partial charge in [-0.3, -0.25) is 24.6 Å². The average Bonchev–Trinajstić information content (AvgIpc) is 2.53. The molecule has 0 spiro atoms. The first-order chi connectivity index (χ1) is 11.0. The first-order valence-electron chi connectivity index (χ1n) is 7.05. The van der Waals surface area contributed by atoms with Gasteiger partial charge in [-0.2, -0.15) is 0 Å². The third-order valence-corrected chi connectivity index (χ3v) is 3.49. The normalized spacial score (nSPS) is 15.2. The molecule has 23 heavy (non-hydrogen) atoms. The van der Waals surface area contributed by atoms with Crippen molar-refractivity contribution in [2.75, 3.05) is 39.3 Å². The van der Waals surface area contributed by atoms with Gasteiger partial charge in [0.1, 0.15) is 5.75 Å². The molecule has 2 rings (SSSR count). The Labute approximate surface area is 132 Å². The largest absolute Gasteiger partial charge is 0.484 e. The van der Waals surface area contributed by atoms with Crippen LogP contribution in [0.15, 0.2) is 24.3 Å².